The molecule has 6 heteroatoms. The van der Waals surface area contributed by atoms with Gasteiger partial charge < -0.3 is 18.8 Å². The summed E-state index contributed by atoms with van der Waals surface area (Å²) in [4.78, 5) is 25.4. The summed E-state index contributed by atoms with van der Waals surface area (Å²) in [6, 6.07) is 7.45. The Labute approximate surface area is 147 Å². The molecule has 0 bridgehead atoms. The molecule has 1 heterocycles. The van der Waals surface area contributed by atoms with E-state index in [4.69, 9.17) is 13.9 Å². The van der Waals surface area contributed by atoms with E-state index in [2.05, 4.69) is 0 Å². The lowest BCUT2D eigenvalue weighted by Crippen LogP contribution is -2.30. The predicted octanol–water partition coefficient (Wildman–Crippen LogP) is 3.03. The van der Waals surface area contributed by atoms with Crippen molar-refractivity contribution in [2.75, 3.05) is 20.8 Å². The largest absolute Gasteiger partial charge is 0.483 e. The maximum absolute atomic E-state index is 12.3. The summed E-state index contributed by atoms with van der Waals surface area (Å²) in [7, 11) is 2.97. The number of rotatable bonds is 6. The van der Waals surface area contributed by atoms with Crippen molar-refractivity contribution in [3.63, 3.8) is 0 Å². The summed E-state index contributed by atoms with van der Waals surface area (Å²) in [5, 5.41) is 0. The first-order valence-corrected chi connectivity index (χ1v) is 7.93. The van der Waals surface area contributed by atoms with E-state index in [1.807, 2.05) is 32.0 Å². The Kier molecular flexibility index (Phi) is 5.85. The number of furan rings is 1. The van der Waals surface area contributed by atoms with Crippen LogP contribution in [-0.2, 0) is 16.1 Å². The van der Waals surface area contributed by atoms with Crippen LogP contribution in [0.3, 0.4) is 0 Å². The number of methoxy groups -OCH3 is 1. The van der Waals surface area contributed by atoms with Gasteiger partial charge in [-0.15, -0.1) is 0 Å². The highest BCUT2D eigenvalue weighted by atomic mass is 16.5. The zero-order valence-electron chi connectivity index (χ0n) is 15.2. The Morgan fingerprint density at radius 3 is 2.56 bits per heavy atom. The highest BCUT2D eigenvalue weighted by Crippen LogP contribution is 2.20. The van der Waals surface area contributed by atoms with Crippen molar-refractivity contribution in [3.8, 4) is 5.75 Å². The third-order valence-electron chi connectivity index (χ3n) is 3.89. The summed E-state index contributed by atoms with van der Waals surface area (Å²) in [6.07, 6.45) is 0. The van der Waals surface area contributed by atoms with Gasteiger partial charge in [0.25, 0.3) is 5.91 Å². The third-order valence-corrected chi connectivity index (χ3v) is 3.89. The van der Waals surface area contributed by atoms with Gasteiger partial charge >= 0.3 is 5.97 Å². The second kappa shape index (κ2) is 7.88. The average Bonchev–Trinajstić information content (AvgIpc) is 2.94. The molecule has 1 aromatic heterocycles. The molecule has 0 radical (unpaired) electrons. The van der Waals surface area contributed by atoms with Crippen molar-refractivity contribution in [1.82, 2.24) is 4.90 Å². The number of esters is 1. The Balaban J connectivity index is 1.96. The van der Waals surface area contributed by atoms with Gasteiger partial charge in [0.2, 0.25) is 0 Å². The number of hydrogen-bond acceptors (Lipinski definition) is 5. The molecular weight excluding hydrogens is 322 g/mol. The molecule has 0 aliphatic carbocycles. The number of nitrogens with zero attached hydrogens (tertiary/aromatic N) is 1. The van der Waals surface area contributed by atoms with E-state index >= 15 is 0 Å². The van der Waals surface area contributed by atoms with Gasteiger partial charge in [-0.25, -0.2) is 4.79 Å². The molecule has 0 saturated heterocycles. The summed E-state index contributed by atoms with van der Waals surface area (Å²) in [5.41, 5.74) is 2.42. The number of benzene rings is 1. The minimum Gasteiger partial charge on any atom is -0.483 e. The van der Waals surface area contributed by atoms with E-state index in [9.17, 15) is 9.59 Å². The van der Waals surface area contributed by atoms with E-state index in [0.717, 1.165) is 11.1 Å². The molecule has 6 nitrogen and oxygen atoms in total. The number of amides is 1. The number of aryl methyl sites for hydroxylation is 3. The fourth-order valence-electron chi connectivity index (χ4n) is 2.37. The van der Waals surface area contributed by atoms with Crippen LogP contribution in [0.1, 0.15) is 33.0 Å². The molecule has 25 heavy (non-hydrogen) atoms. The molecule has 134 valence electrons. The molecule has 0 aliphatic heterocycles. The molecule has 0 aliphatic rings. The van der Waals surface area contributed by atoms with Crippen LogP contribution in [0.25, 0.3) is 0 Å². The molecule has 2 rings (SSSR count). The first-order valence-electron chi connectivity index (χ1n) is 7.93. The zero-order chi connectivity index (χ0) is 18.6. The quantitative estimate of drug-likeness (QED) is 0.753. The molecule has 0 saturated carbocycles. The molecule has 0 N–H and O–H groups in total. The maximum atomic E-state index is 12.3. The second-order valence-corrected chi connectivity index (χ2v) is 5.98. The Bertz CT molecular complexity index is 778. The van der Waals surface area contributed by atoms with E-state index in [1.165, 1.54) is 12.0 Å². The van der Waals surface area contributed by atoms with Crippen LogP contribution in [0.4, 0.5) is 0 Å². The highest BCUT2D eigenvalue weighted by Gasteiger charge is 2.18. The minimum absolute atomic E-state index is 0.0651. The van der Waals surface area contributed by atoms with Crippen molar-refractivity contribution in [2.45, 2.75) is 27.3 Å². The van der Waals surface area contributed by atoms with Crippen molar-refractivity contribution in [3.05, 3.63) is 52.5 Å². The molecule has 0 unspecified atom stereocenters. The van der Waals surface area contributed by atoms with Crippen molar-refractivity contribution in [1.29, 1.82) is 0 Å². The van der Waals surface area contributed by atoms with Gasteiger partial charge in [-0.3, -0.25) is 4.79 Å². The topological polar surface area (TPSA) is 69.0 Å². The fraction of sp³-hybridized carbons (Fsp3) is 0.368. The van der Waals surface area contributed by atoms with E-state index in [0.29, 0.717) is 22.8 Å². The summed E-state index contributed by atoms with van der Waals surface area (Å²) >= 11 is 0. The van der Waals surface area contributed by atoms with Gasteiger partial charge in [-0.2, -0.15) is 0 Å². The molecule has 0 atom stereocenters. The lowest BCUT2D eigenvalue weighted by atomic mass is 10.1. The van der Waals surface area contributed by atoms with Crippen LogP contribution in [0.5, 0.6) is 5.75 Å². The van der Waals surface area contributed by atoms with Gasteiger partial charge in [0.05, 0.1) is 13.7 Å². The number of carbonyl (C=O) groups is 2. The maximum Gasteiger partial charge on any atom is 0.341 e. The number of carbonyl (C=O) groups excluding carboxylic acids is 2. The first-order chi connectivity index (χ1) is 11.8. The normalized spacial score (nSPS) is 10.4. The number of hydrogen-bond donors (Lipinski definition) is 0. The van der Waals surface area contributed by atoms with Crippen LogP contribution in [0, 0.1) is 20.8 Å². The van der Waals surface area contributed by atoms with Gasteiger partial charge in [0.15, 0.2) is 6.61 Å². The summed E-state index contributed by atoms with van der Waals surface area (Å²) < 4.78 is 15.8. The van der Waals surface area contributed by atoms with Gasteiger partial charge in [0.1, 0.15) is 22.8 Å². The van der Waals surface area contributed by atoms with Gasteiger partial charge in [0, 0.05) is 7.05 Å². The third kappa shape index (κ3) is 4.62. The smallest absolute Gasteiger partial charge is 0.341 e. The lowest BCUT2D eigenvalue weighted by Gasteiger charge is -2.17. The lowest BCUT2D eigenvalue weighted by molar-refractivity contribution is -0.132. The van der Waals surface area contributed by atoms with Crippen molar-refractivity contribution in [2.24, 2.45) is 0 Å². The fourth-order valence-corrected chi connectivity index (χ4v) is 2.37. The Morgan fingerprint density at radius 1 is 1.16 bits per heavy atom. The molecule has 1 aromatic carbocycles. The monoisotopic (exact) mass is 345 g/mol. The van der Waals surface area contributed by atoms with E-state index in [1.54, 1.807) is 20.0 Å². The predicted molar refractivity (Wildman–Crippen MR) is 92.7 cm³/mol. The van der Waals surface area contributed by atoms with Crippen LogP contribution < -0.4 is 4.74 Å². The van der Waals surface area contributed by atoms with Crippen molar-refractivity contribution >= 4 is 11.9 Å². The summed E-state index contributed by atoms with van der Waals surface area (Å²) in [5.74, 6) is 1.03. The molecule has 2 aromatic rings. The second-order valence-electron chi connectivity index (χ2n) is 5.98. The molecule has 1 amide bonds. The highest BCUT2D eigenvalue weighted by molar-refractivity contribution is 5.90. The van der Waals surface area contributed by atoms with Crippen LogP contribution in [0.15, 0.2) is 28.7 Å². The first kappa shape index (κ1) is 18.6. The minimum atomic E-state index is -0.459. The number of ether oxygens (including phenoxy) is 2. The molecule has 0 spiro atoms. The SMILES string of the molecule is COC(=O)c1cc(CN(C)C(=O)COc2cc(C)ccc2C)oc1C. The van der Waals surface area contributed by atoms with Gasteiger partial charge in [-0.05, 0) is 44.0 Å². The van der Waals surface area contributed by atoms with E-state index in [-0.39, 0.29) is 19.1 Å². The van der Waals surface area contributed by atoms with Gasteiger partial charge in [-0.1, -0.05) is 12.1 Å². The van der Waals surface area contributed by atoms with E-state index < -0.39 is 5.97 Å². The molecular formula is C19H23NO5. The van der Waals surface area contributed by atoms with Crippen LogP contribution in [-0.4, -0.2) is 37.5 Å². The number of likely N-dealkylation sites (N-methyl/N-ethyl adjacent to an activating group) is 1. The zero-order valence-corrected chi connectivity index (χ0v) is 15.2. The Morgan fingerprint density at radius 2 is 1.88 bits per heavy atom. The summed E-state index contributed by atoms with van der Waals surface area (Å²) in [6.45, 7) is 5.76. The van der Waals surface area contributed by atoms with Crippen LogP contribution >= 0.6 is 0 Å². The Hall–Kier alpha value is -2.76. The van der Waals surface area contributed by atoms with Crippen LogP contribution in [0.2, 0.25) is 0 Å². The average molecular weight is 345 g/mol. The van der Waals surface area contributed by atoms with Crippen molar-refractivity contribution < 1.29 is 23.5 Å². The molecule has 0 fully saturated rings. The standard InChI is InChI=1S/C19H23NO5/c1-12-6-7-13(2)17(8-12)24-11-18(21)20(4)10-15-9-16(14(3)25-15)19(22)23-5/h6-9H,10-11H2,1-5H3.